The fourth-order valence-corrected chi connectivity index (χ4v) is 2.63. The molecular formula is C22H27NO5. The lowest BCUT2D eigenvalue weighted by atomic mass is 10.1. The van der Waals surface area contributed by atoms with E-state index in [9.17, 15) is 4.79 Å². The van der Waals surface area contributed by atoms with Gasteiger partial charge in [0, 0.05) is 18.2 Å². The van der Waals surface area contributed by atoms with Crippen molar-refractivity contribution in [3.63, 3.8) is 0 Å². The number of methoxy groups -OCH3 is 3. The standard InChI is InChI=1S/C22H27NO5/c1-5-13-28-18-11-9-16(14-20(18)26-3)10-12-21(24)23-15-17-7-6-8-19(25-2)22(17)27-4/h6-12,14H,5,13,15H2,1-4H3,(H,23,24)/b12-10+. The minimum atomic E-state index is -0.213. The lowest BCUT2D eigenvalue weighted by molar-refractivity contribution is -0.116. The third-order valence-electron chi connectivity index (χ3n) is 4.01. The summed E-state index contributed by atoms with van der Waals surface area (Å²) in [6, 6.07) is 11.1. The summed E-state index contributed by atoms with van der Waals surface area (Å²) >= 11 is 0. The third kappa shape index (κ3) is 5.67. The summed E-state index contributed by atoms with van der Waals surface area (Å²) < 4.78 is 21.6. The third-order valence-corrected chi connectivity index (χ3v) is 4.01. The van der Waals surface area contributed by atoms with E-state index in [2.05, 4.69) is 5.32 Å². The number of nitrogens with one attached hydrogen (secondary N) is 1. The Morgan fingerprint density at radius 3 is 2.46 bits per heavy atom. The molecule has 0 spiro atoms. The summed E-state index contributed by atoms with van der Waals surface area (Å²) in [5, 5.41) is 2.85. The molecule has 0 saturated carbocycles. The second kappa shape index (κ2) is 10.9. The molecule has 0 atom stereocenters. The Balaban J connectivity index is 2.00. The summed E-state index contributed by atoms with van der Waals surface area (Å²) in [7, 11) is 4.75. The first-order chi connectivity index (χ1) is 13.6. The predicted molar refractivity (Wildman–Crippen MR) is 109 cm³/mol. The molecule has 2 aromatic rings. The van der Waals surface area contributed by atoms with Gasteiger partial charge in [0.05, 0.1) is 27.9 Å². The number of para-hydroxylation sites is 1. The molecule has 0 saturated heterocycles. The fraction of sp³-hybridized carbons (Fsp3) is 0.318. The van der Waals surface area contributed by atoms with Crippen LogP contribution in [0.5, 0.6) is 23.0 Å². The molecular weight excluding hydrogens is 358 g/mol. The summed E-state index contributed by atoms with van der Waals surface area (Å²) in [6.07, 6.45) is 4.13. The molecule has 0 aliphatic heterocycles. The van der Waals surface area contributed by atoms with Crippen molar-refractivity contribution in [2.24, 2.45) is 0 Å². The molecule has 0 radical (unpaired) electrons. The molecule has 2 rings (SSSR count). The van der Waals surface area contributed by atoms with Crippen LogP contribution >= 0.6 is 0 Å². The monoisotopic (exact) mass is 385 g/mol. The van der Waals surface area contributed by atoms with E-state index in [0.717, 1.165) is 17.5 Å². The number of hydrogen-bond donors (Lipinski definition) is 1. The van der Waals surface area contributed by atoms with E-state index >= 15 is 0 Å². The van der Waals surface area contributed by atoms with Gasteiger partial charge in [0.1, 0.15) is 0 Å². The van der Waals surface area contributed by atoms with Crippen LogP contribution in [0.25, 0.3) is 6.08 Å². The Hall–Kier alpha value is -3.15. The molecule has 2 aromatic carbocycles. The molecule has 0 aromatic heterocycles. The Morgan fingerprint density at radius 2 is 1.79 bits per heavy atom. The highest BCUT2D eigenvalue weighted by molar-refractivity contribution is 5.91. The number of benzene rings is 2. The molecule has 0 bridgehead atoms. The van der Waals surface area contributed by atoms with E-state index in [1.807, 2.05) is 43.3 Å². The van der Waals surface area contributed by atoms with Crippen molar-refractivity contribution in [3.05, 3.63) is 53.6 Å². The number of amides is 1. The summed E-state index contributed by atoms with van der Waals surface area (Å²) in [5.41, 5.74) is 1.68. The van der Waals surface area contributed by atoms with Crippen LogP contribution < -0.4 is 24.3 Å². The van der Waals surface area contributed by atoms with Crippen molar-refractivity contribution in [1.29, 1.82) is 0 Å². The van der Waals surface area contributed by atoms with Gasteiger partial charge in [0.15, 0.2) is 23.0 Å². The smallest absolute Gasteiger partial charge is 0.244 e. The highest BCUT2D eigenvalue weighted by atomic mass is 16.5. The zero-order valence-corrected chi connectivity index (χ0v) is 16.8. The van der Waals surface area contributed by atoms with E-state index in [1.165, 1.54) is 6.08 Å². The molecule has 6 nitrogen and oxygen atoms in total. The van der Waals surface area contributed by atoms with Crippen molar-refractivity contribution >= 4 is 12.0 Å². The van der Waals surface area contributed by atoms with Crippen LogP contribution in [0.3, 0.4) is 0 Å². The number of carbonyl (C=O) groups is 1. The lowest BCUT2D eigenvalue weighted by Gasteiger charge is -2.12. The zero-order valence-electron chi connectivity index (χ0n) is 16.8. The van der Waals surface area contributed by atoms with E-state index < -0.39 is 0 Å². The van der Waals surface area contributed by atoms with Crippen LogP contribution in [-0.2, 0) is 11.3 Å². The van der Waals surface area contributed by atoms with Crippen LogP contribution in [0.4, 0.5) is 0 Å². The van der Waals surface area contributed by atoms with E-state index in [1.54, 1.807) is 27.4 Å². The van der Waals surface area contributed by atoms with Gasteiger partial charge in [0.2, 0.25) is 5.91 Å². The van der Waals surface area contributed by atoms with Gasteiger partial charge in [-0.25, -0.2) is 0 Å². The molecule has 0 fully saturated rings. The average molecular weight is 385 g/mol. The van der Waals surface area contributed by atoms with Crippen molar-refractivity contribution in [3.8, 4) is 23.0 Å². The maximum Gasteiger partial charge on any atom is 0.244 e. The van der Waals surface area contributed by atoms with Gasteiger partial charge in [-0.2, -0.15) is 0 Å². The fourth-order valence-electron chi connectivity index (χ4n) is 2.63. The average Bonchev–Trinajstić information content (AvgIpc) is 2.74. The largest absolute Gasteiger partial charge is 0.493 e. The lowest BCUT2D eigenvalue weighted by Crippen LogP contribution is -2.20. The van der Waals surface area contributed by atoms with Crippen molar-refractivity contribution in [1.82, 2.24) is 5.32 Å². The van der Waals surface area contributed by atoms with Crippen LogP contribution in [0.15, 0.2) is 42.5 Å². The van der Waals surface area contributed by atoms with E-state index in [4.69, 9.17) is 18.9 Å². The maximum absolute atomic E-state index is 12.2. The first-order valence-electron chi connectivity index (χ1n) is 9.09. The van der Waals surface area contributed by atoms with Crippen LogP contribution in [0.1, 0.15) is 24.5 Å². The Kier molecular flexibility index (Phi) is 8.21. The summed E-state index contributed by atoms with van der Waals surface area (Å²) in [5.74, 6) is 2.35. The quantitative estimate of drug-likeness (QED) is 0.630. The molecule has 0 aliphatic carbocycles. The number of rotatable bonds is 10. The topological polar surface area (TPSA) is 66.0 Å². The van der Waals surface area contributed by atoms with E-state index in [-0.39, 0.29) is 5.91 Å². The van der Waals surface area contributed by atoms with Crippen molar-refractivity contribution < 1.29 is 23.7 Å². The second-order valence-electron chi connectivity index (χ2n) is 5.96. The highest BCUT2D eigenvalue weighted by Gasteiger charge is 2.10. The van der Waals surface area contributed by atoms with Gasteiger partial charge in [0.25, 0.3) is 0 Å². The maximum atomic E-state index is 12.2. The SMILES string of the molecule is CCCOc1ccc(/C=C/C(=O)NCc2cccc(OC)c2OC)cc1OC. The Morgan fingerprint density at radius 1 is 1.00 bits per heavy atom. The molecule has 0 aliphatic rings. The first kappa shape index (κ1) is 21.2. The van der Waals surface area contributed by atoms with Gasteiger partial charge < -0.3 is 24.3 Å². The predicted octanol–water partition coefficient (Wildman–Crippen LogP) is 3.83. The molecule has 150 valence electrons. The van der Waals surface area contributed by atoms with Crippen molar-refractivity contribution in [2.75, 3.05) is 27.9 Å². The number of hydrogen-bond acceptors (Lipinski definition) is 5. The number of carbonyl (C=O) groups excluding carboxylic acids is 1. The van der Waals surface area contributed by atoms with Crippen LogP contribution in [0, 0.1) is 0 Å². The molecule has 28 heavy (non-hydrogen) atoms. The van der Waals surface area contributed by atoms with E-state index in [0.29, 0.717) is 36.1 Å². The van der Waals surface area contributed by atoms with Gasteiger partial charge in [-0.05, 0) is 36.3 Å². The van der Waals surface area contributed by atoms with Crippen LogP contribution in [-0.4, -0.2) is 33.8 Å². The summed E-state index contributed by atoms with van der Waals surface area (Å²) in [6.45, 7) is 3.00. The van der Waals surface area contributed by atoms with Crippen LogP contribution in [0.2, 0.25) is 0 Å². The normalized spacial score (nSPS) is 10.6. The minimum Gasteiger partial charge on any atom is -0.493 e. The van der Waals surface area contributed by atoms with Gasteiger partial charge in [-0.3, -0.25) is 4.79 Å². The highest BCUT2D eigenvalue weighted by Crippen LogP contribution is 2.30. The van der Waals surface area contributed by atoms with Gasteiger partial charge >= 0.3 is 0 Å². The Labute approximate surface area is 166 Å². The molecule has 6 heteroatoms. The molecule has 0 heterocycles. The second-order valence-corrected chi connectivity index (χ2v) is 5.96. The molecule has 1 amide bonds. The zero-order chi connectivity index (χ0) is 20.4. The minimum absolute atomic E-state index is 0.213. The Bertz CT molecular complexity index is 817. The number of ether oxygens (including phenoxy) is 4. The van der Waals surface area contributed by atoms with Gasteiger partial charge in [-0.1, -0.05) is 25.1 Å². The molecule has 1 N–H and O–H groups in total. The van der Waals surface area contributed by atoms with Gasteiger partial charge in [-0.15, -0.1) is 0 Å². The molecule has 0 unspecified atom stereocenters. The summed E-state index contributed by atoms with van der Waals surface area (Å²) in [4.78, 5) is 12.2. The first-order valence-corrected chi connectivity index (χ1v) is 9.09. The van der Waals surface area contributed by atoms with Crippen molar-refractivity contribution in [2.45, 2.75) is 19.9 Å².